The van der Waals surface area contributed by atoms with Crippen molar-refractivity contribution in [2.75, 3.05) is 6.54 Å². The highest BCUT2D eigenvalue weighted by molar-refractivity contribution is 4.79. The molecule has 0 aliphatic heterocycles. The summed E-state index contributed by atoms with van der Waals surface area (Å²) in [5, 5.41) is 3.63. The maximum absolute atomic E-state index is 3.63. The van der Waals surface area contributed by atoms with Crippen molar-refractivity contribution in [1.82, 2.24) is 5.32 Å². The summed E-state index contributed by atoms with van der Waals surface area (Å²) in [6.45, 7) is 12.5. The van der Waals surface area contributed by atoms with Crippen molar-refractivity contribution in [3.63, 3.8) is 0 Å². The molecule has 0 aliphatic carbocycles. The van der Waals surface area contributed by atoms with Crippen LogP contribution in [0.2, 0.25) is 0 Å². The van der Waals surface area contributed by atoms with E-state index in [9.17, 15) is 0 Å². The van der Waals surface area contributed by atoms with E-state index in [4.69, 9.17) is 0 Å². The summed E-state index contributed by atoms with van der Waals surface area (Å²) in [6.07, 6.45) is 3.73. The molecule has 0 atom stereocenters. The fourth-order valence-corrected chi connectivity index (χ4v) is 1.16. The molecule has 0 radical (unpaired) electrons. The second-order valence-electron chi connectivity index (χ2n) is 4.38. The predicted octanol–water partition coefficient (Wildman–Crippen LogP) is 3.20. The number of nitrogens with one attached hydrogen (secondary N) is 1. The Labute approximate surface area is 77.9 Å². The van der Waals surface area contributed by atoms with Gasteiger partial charge in [-0.05, 0) is 38.6 Å². The minimum Gasteiger partial charge on any atom is -0.312 e. The third-order valence-corrected chi connectivity index (χ3v) is 2.83. The van der Waals surface area contributed by atoms with E-state index in [-0.39, 0.29) is 0 Å². The van der Waals surface area contributed by atoms with Crippen LogP contribution < -0.4 is 5.32 Å². The zero-order valence-electron chi connectivity index (χ0n) is 9.41. The predicted molar refractivity (Wildman–Crippen MR) is 56.4 cm³/mol. The molecule has 1 nitrogen and oxygen atoms in total. The summed E-state index contributed by atoms with van der Waals surface area (Å²) in [5.74, 6) is 0.815. The molecule has 0 aromatic rings. The van der Waals surface area contributed by atoms with Crippen molar-refractivity contribution in [3.05, 3.63) is 0 Å². The van der Waals surface area contributed by atoms with Gasteiger partial charge in [0.15, 0.2) is 0 Å². The molecular formula is C11H25N. The topological polar surface area (TPSA) is 12.0 Å². The number of rotatable bonds is 6. The van der Waals surface area contributed by atoms with Crippen LogP contribution >= 0.6 is 0 Å². The van der Waals surface area contributed by atoms with Gasteiger partial charge in [0.1, 0.15) is 0 Å². The van der Waals surface area contributed by atoms with Crippen LogP contribution in [0, 0.1) is 5.92 Å². The monoisotopic (exact) mass is 171 g/mol. The Kier molecular flexibility index (Phi) is 5.56. The Bertz CT molecular complexity index is 104. The lowest BCUT2D eigenvalue weighted by molar-refractivity contribution is 0.322. The van der Waals surface area contributed by atoms with Gasteiger partial charge in [-0.1, -0.05) is 27.7 Å². The van der Waals surface area contributed by atoms with Gasteiger partial charge in [0.05, 0.1) is 0 Å². The third-order valence-electron chi connectivity index (χ3n) is 2.83. The fourth-order valence-electron chi connectivity index (χ4n) is 1.16. The minimum absolute atomic E-state index is 0.370. The standard InChI is InChI=1S/C11H25N/c1-6-11(5,7-2)12-9-8-10(3)4/h10,12H,6-9H2,1-5H3. The average Bonchev–Trinajstić information content (AvgIpc) is 2.03. The first-order chi connectivity index (χ1) is 5.54. The normalized spacial score (nSPS) is 12.5. The van der Waals surface area contributed by atoms with E-state index in [2.05, 4.69) is 39.9 Å². The first-order valence-corrected chi connectivity index (χ1v) is 5.29. The highest BCUT2D eigenvalue weighted by Gasteiger charge is 2.17. The minimum atomic E-state index is 0.370. The van der Waals surface area contributed by atoms with Crippen molar-refractivity contribution in [2.45, 2.75) is 59.4 Å². The molecule has 0 fully saturated rings. The quantitative estimate of drug-likeness (QED) is 0.647. The largest absolute Gasteiger partial charge is 0.312 e. The Hall–Kier alpha value is -0.0400. The molecule has 1 N–H and O–H groups in total. The maximum atomic E-state index is 3.63. The van der Waals surface area contributed by atoms with E-state index in [1.807, 2.05) is 0 Å². The van der Waals surface area contributed by atoms with Crippen molar-refractivity contribution < 1.29 is 0 Å². The van der Waals surface area contributed by atoms with Crippen LogP contribution in [-0.2, 0) is 0 Å². The first kappa shape index (κ1) is 12.0. The van der Waals surface area contributed by atoms with Gasteiger partial charge in [0.25, 0.3) is 0 Å². The lowest BCUT2D eigenvalue weighted by atomic mass is 9.95. The molecule has 1 heteroatoms. The summed E-state index contributed by atoms with van der Waals surface area (Å²) in [6, 6.07) is 0. The van der Waals surface area contributed by atoms with E-state index < -0.39 is 0 Å². The third kappa shape index (κ3) is 4.76. The van der Waals surface area contributed by atoms with Gasteiger partial charge in [-0.3, -0.25) is 0 Å². The van der Waals surface area contributed by atoms with E-state index in [0.717, 1.165) is 12.5 Å². The molecule has 74 valence electrons. The fraction of sp³-hybridized carbons (Fsp3) is 1.00. The Balaban J connectivity index is 3.58. The van der Waals surface area contributed by atoms with Crippen LogP contribution in [0.3, 0.4) is 0 Å². The Morgan fingerprint density at radius 3 is 2.00 bits per heavy atom. The van der Waals surface area contributed by atoms with Crippen LogP contribution in [0.5, 0.6) is 0 Å². The first-order valence-electron chi connectivity index (χ1n) is 5.29. The summed E-state index contributed by atoms with van der Waals surface area (Å²) in [4.78, 5) is 0. The Morgan fingerprint density at radius 2 is 1.67 bits per heavy atom. The molecule has 0 bridgehead atoms. The summed E-state index contributed by atoms with van der Waals surface area (Å²) in [5.41, 5.74) is 0.370. The van der Waals surface area contributed by atoms with Crippen LogP contribution in [0.4, 0.5) is 0 Å². The van der Waals surface area contributed by atoms with E-state index in [1.165, 1.54) is 19.3 Å². The summed E-state index contributed by atoms with van der Waals surface area (Å²) in [7, 11) is 0. The highest BCUT2D eigenvalue weighted by atomic mass is 15.0. The molecule has 0 amide bonds. The zero-order valence-corrected chi connectivity index (χ0v) is 9.41. The summed E-state index contributed by atoms with van der Waals surface area (Å²) < 4.78 is 0. The lowest BCUT2D eigenvalue weighted by Crippen LogP contribution is -2.41. The Morgan fingerprint density at radius 1 is 1.17 bits per heavy atom. The van der Waals surface area contributed by atoms with Gasteiger partial charge < -0.3 is 5.32 Å². The molecule has 0 aromatic carbocycles. The molecule has 0 saturated carbocycles. The average molecular weight is 171 g/mol. The summed E-state index contributed by atoms with van der Waals surface area (Å²) >= 11 is 0. The lowest BCUT2D eigenvalue weighted by Gasteiger charge is -2.28. The molecule has 12 heavy (non-hydrogen) atoms. The van der Waals surface area contributed by atoms with Crippen molar-refractivity contribution in [1.29, 1.82) is 0 Å². The van der Waals surface area contributed by atoms with Gasteiger partial charge in [-0.25, -0.2) is 0 Å². The second-order valence-corrected chi connectivity index (χ2v) is 4.38. The molecule has 0 heterocycles. The van der Waals surface area contributed by atoms with E-state index in [0.29, 0.717) is 5.54 Å². The smallest absolute Gasteiger partial charge is 0.0148 e. The van der Waals surface area contributed by atoms with E-state index in [1.54, 1.807) is 0 Å². The van der Waals surface area contributed by atoms with Gasteiger partial charge in [0.2, 0.25) is 0 Å². The maximum Gasteiger partial charge on any atom is 0.0148 e. The molecule has 0 unspecified atom stereocenters. The molecule has 0 aromatic heterocycles. The van der Waals surface area contributed by atoms with Crippen LogP contribution in [0.15, 0.2) is 0 Å². The second kappa shape index (κ2) is 5.58. The molecule has 0 saturated heterocycles. The molecule has 0 aliphatic rings. The van der Waals surface area contributed by atoms with E-state index >= 15 is 0 Å². The number of hydrogen-bond acceptors (Lipinski definition) is 1. The molecule has 0 spiro atoms. The van der Waals surface area contributed by atoms with Gasteiger partial charge in [-0.15, -0.1) is 0 Å². The van der Waals surface area contributed by atoms with Crippen LogP contribution in [0.1, 0.15) is 53.9 Å². The molecule has 0 rings (SSSR count). The van der Waals surface area contributed by atoms with Gasteiger partial charge in [-0.2, -0.15) is 0 Å². The SMILES string of the molecule is CCC(C)(CC)NCCC(C)C. The van der Waals surface area contributed by atoms with Crippen molar-refractivity contribution >= 4 is 0 Å². The van der Waals surface area contributed by atoms with Crippen LogP contribution in [0.25, 0.3) is 0 Å². The highest BCUT2D eigenvalue weighted by Crippen LogP contribution is 2.13. The van der Waals surface area contributed by atoms with Crippen LogP contribution in [-0.4, -0.2) is 12.1 Å². The number of hydrogen-bond donors (Lipinski definition) is 1. The van der Waals surface area contributed by atoms with Crippen molar-refractivity contribution in [2.24, 2.45) is 5.92 Å². The van der Waals surface area contributed by atoms with Crippen molar-refractivity contribution in [3.8, 4) is 0 Å². The molecular weight excluding hydrogens is 146 g/mol. The van der Waals surface area contributed by atoms with Gasteiger partial charge in [0, 0.05) is 5.54 Å². The zero-order chi connectivity index (χ0) is 9.61. The van der Waals surface area contributed by atoms with Gasteiger partial charge >= 0.3 is 0 Å².